The summed E-state index contributed by atoms with van der Waals surface area (Å²) >= 11 is 3.17. The summed E-state index contributed by atoms with van der Waals surface area (Å²) in [6, 6.07) is 4.50. The number of nitrogens with zero attached hydrogens (tertiary/aromatic N) is 1. The van der Waals surface area contributed by atoms with Gasteiger partial charge in [0.25, 0.3) is 5.91 Å². The molecular weight excluding hydrogens is 369 g/mol. The Morgan fingerprint density at radius 1 is 1.39 bits per heavy atom. The second kappa shape index (κ2) is 8.26. The van der Waals surface area contributed by atoms with Crippen LogP contribution >= 0.6 is 15.9 Å². The predicted octanol–water partition coefficient (Wildman–Crippen LogP) is 0.884. The third kappa shape index (κ3) is 5.18. The van der Waals surface area contributed by atoms with Crippen molar-refractivity contribution in [3.05, 3.63) is 28.5 Å². The highest BCUT2D eigenvalue weighted by molar-refractivity contribution is 9.10. The molecule has 0 spiro atoms. The molecular formula is C15H20BrFN3O3+. The van der Waals surface area contributed by atoms with Gasteiger partial charge in [-0.15, -0.1) is 0 Å². The minimum atomic E-state index is -0.477. The lowest BCUT2D eigenvalue weighted by Crippen LogP contribution is -3.15. The smallest absolute Gasteiger partial charge is 0.410 e. The Morgan fingerprint density at radius 3 is 2.70 bits per heavy atom. The van der Waals surface area contributed by atoms with E-state index in [1.165, 1.54) is 12.1 Å². The van der Waals surface area contributed by atoms with E-state index in [0.717, 1.165) is 4.90 Å². The minimum absolute atomic E-state index is 0.169. The molecule has 2 N–H and O–H groups in total. The molecule has 0 bridgehead atoms. The number of nitrogens with one attached hydrogen (secondary N) is 2. The molecule has 126 valence electrons. The van der Waals surface area contributed by atoms with Crippen molar-refractivity contribution in [2.24, 2.45) is 0 Å². The summed E-state index contributed by atoms with van der Waals surface area (Å²) in [7, 11) is 0. The number of carbonyl (C=O) groups is 2. The molecule has 2 rings (SSSR count). The zero-order valence-corrected chi connectivity index (χ0v) is 14.5. The number of benzene rings is 1. The third-order valence-electron chi connectivity index (χ3n) is 3.61. The minimum Gasteiger partial charge on any atom is -0.450 e. The number of hydrogen-bond donors (Lipinski definition) is 2. The molecule has 0 aromatic heterocycles. The predicted molar refractivity (Wildman–Crippen MR) is 86.9 cm³/mol. The summed E-state index contributed by atoms with van der Waals surface area (Å²) in [6.45, 7) is 4.79. The zero-order valence-electron chi connectivity index (χ0n) is 12.9. The first-order valence-electron chi connectivity index (χ1n) is 7.49. The van der Waals surface area contributed by atoms with Crippen molar-refractivity contribution in [2.45, 2.75) is 6.92 Å². The molecule has 1 aliphatic rings. The van der Waals surface area contributed by atoms with Crippen LogP contribution in [0.2, 0.25) is 0 Å². The summed E-state index contributed by atoms with van der Waals surface area (Å²) in [5.41, 5.74) is 0.169. The molecule has 1 saturated heterocycles. The lowest BCUT2D eigenvalue weighted by atomic mass is 10.3. The number of ether oxygens (including phenoxy) is 1. The molecule has 0 unspecified atom stereocenters. The lowest BCUT2D eigenvalue weighted by molar-refractivity contribution is -0.895. The average Bonchev–Trinajstić information content (AvgIpc) is 2.51. The van der Waals surface area contributed by atoms with Crippen LogP contribution in [0.25, 0.3) is 0 Å². The van der Waals surface area contributed by atoms with Gasteiger partial charge in [0.2, 0.25) is 0 Å². The number of anilines is 1. The molecule has 8 heteroatoms. The maximum absolute atomic E-state index is 13.7. The molecule has 0 radical (unpaired) electrons. The normalized spacial score (nSPS) is 15.3. The molecule has 2 amide bonds. The lowest BCUT2D eigenvalue weighted by Gasteiger charge is -2.31. The number of amides is 2. The van der Waals surface area contributed by atoms with Gasteiger partial charge in [0.15, 0.2) is 6.54 Å². The van der Waals surface area contributed by atoms with Crippen LogP contribution in [0, 0.1) is 5.82 Å². The van der Waals surface area contributed by atoms with Gasteiger partial charge >= 0.3 is 6.09 Å². The van der Waals surface area contributed by atoms with Crippen LogP contribution in [-0.2, 0) is 9.53 Å². The first-order chi connectivity index (χ1) is 11.0. The van der Waals surface area contributed by atoms with E-state index < -0.39 is 5.82 Å². The van der Waals surface area contributed by atoms with Crippen molar-refractivity contribution in [1.82, 2.24) is 4.90 Å². The van der Waals surface area contributed by atoms with E-state index in [-0.39, 0.29) is 24.2 Å². The summed E-state index contributed by atoms with van der Waals surface area (Å²) < 4.78 is 19.3. The van der Waals surface area contributed by atoms with E-state index in [2.05, 4.69) is 21.2 Å². The largest absolute Gasteiger partial charge is 0.450 e. The van der Waals surface area contributed by atoms with E-state index in [4.69, 9.17) is 4.74 Å². The molecule has 0 aliphatic carbocycles. The molecule has 1 aromatic carbocycles. The van der Waals surface area contributed by atoms with Crippen LogP contribution in [0.15, 0.2) is 22.7 Å². The Hall–Kier alpha value is -1.67. The molecule has 23 heavy (non-hydrogen) atoms. The van der Waals surface area contributed by atoms with Crippen LogP contribution in [0.1, 0.15) is 6.92 Å². The fourth-order valence-electron chi connectivity index (χ4n) is 2.41. The van der Waals surface area contributed by atoms with E-state index >= 15 is 0 Å². The molecule has 1 heterocycles. The highest BCUT2D eigenvalue weighted by Gasteiger charge is 2.26. The van der Waals surface area contributed by atoms with Gasteiger partial charge < -0.3 is 15.0 Å². The topological polar surface area (TPSA) is 63.1 Å². The molecule has 1 fully saturated rings. The van der Waals surface area contributed by atoms with Crippen molar-refractivity contribution in [2.75, 3.05) is 44.6 Å². The number of rotatable bonds is 4. The monoisotopic (exact) mass is 388 g/mol. The van der Waals surface area contributed by atoms with Gasteiger partial charge in [-0.2, -0.15) is 0 Å². The summed E-state index contributed by atoms with van der Waals surface area (Å²) in [5.74, 6) is -0.722. The maximum atomic E-state index is 13.7. The number of quaternary nitrogens is 1. The van der Waals surface area contributed by atoms with Gasteiger partial charge in [-0.25, -0.2) is 9.18 Å². The third-order valence-corrected chi connectivity index (χ3v) is 4.11. The van der Waals surface area contributed by atoms with Gasteiger partial charge in [0, 0.05) is 4.47 Å². The second-order valence-electron chi connectivity index (χ2n) is 5.29. The van der Waals surface area contributed by atoms with Gasteiger partial charge in [0.1, 0.15) is 5.82 Å². The quantitative estimate of drug-likeness (QED) is 0.804. The number of carbonyl (C=O) groups excluding carboxylic acids is 2. The van der Waals surface area contributed by atoms with Crippen LogP contribution in [0.5, 0.6) is 0 Å². The van der Waals surface area contributed by atoms with Crippen molar-refractivity contribution >= 4 is 33.6 Å². The van der Waals surface area contributed by atoms with Crippen molar-refractivity contribution in [1.29, 1.82) is 0 Å². The Kier molecular flexibility index (Phi) is 6.35. The Bertz CT molecular complexity index is 577. The number of hydrogen-bond acceptors (Lipinski definition) is 3. The molecule has 0 atom stereocenters. The van der Waals surface area contributed by atoms with Crippen LogP contribution in [0.4, 0.5) is 14.9 Å². The van der Waals surface area contributed by atoms with Gasteiger partial charge in [-0.05, 0) is 25.1 Å². The number of piperazine rings is 1. The second-order valence-corrected chi connectivity index (χ2v) is 6.20. The van der Waals surface area contributed by atoms with Crippen LogP contribution in [-0.4, -0.2) is 56.2 Å². The summed E-state index contributed by atoms with van der Waals surface area (Å²) in [6.07, 6.45) is -0.312. The highest BCUT2D eigenvalue weighted by atomic mass is 79.9. The SMILES string of the molecule is CCOC(=O)N1CC[NH+](CC(=O)Nc2ccc(Br)cc2F)CC1. The van der Waals surface area contributed by atoms with Crippen molar-refractivity contribution in [3.63, 3.8) is 0 Å². The van der Waals surface area contributed by atoms with Gasteiger partial charge in [0.05, 0.1) is 38.5 Å². The summed E-state index contributed by atoms with van der Waals surface area (Å²) in [4.78, 5) is 26.3. The summed E-state index contributed by atoms with van der Waals surface area (Å²) in [5, 5.41) is 2.58. The van der Waals surface area contributed by atoms with E-state index in [0.29, 0.717) is 37.3 Å². The van der Waals surface area contributed by atoms with Gasteiger partial charge in [-0.3, -0.25) is 9.69 Å². The Labute approximate surface area is 142 Å². The number of halogens is 2. The molecule has 1 aliphatic heterocycles. The fourth-order valence-corrected chi connectivity index (χ4v) is 2.74. The van der Waals surface area contributed by atoms with E-state index in [1.807, 2.05) is 0 Å². The molecule has 1 aromatic rings. The van der Waals surface area contributed by atoms with Crippen molar-refractivity contribution in [3.8, 4) is 0 Å². The first kappa shape index (κ1) is 17.7. The standard InChI is InChI=1S/C15H19BrFN3O3/c1-2-23-15(22)20-7-5-19(6-8-20)10-14(21)18-13-4-3-11(16)9-12(13)17/h3-4,9H,2,5-8,10H2,1H3,(H,18,21)/p+1. The Morgan fingerprint density at radius 2 is 2.09 bits per heavy atom. The fraction of sp³-hybridized carbons (Fsp3) is 0.467. The Balaban J connectivity index is 1.79. The highest BCUT2D eigenvalue weighted by Crippen LogP contribution is 2.18. The average molecular weight is 389 g/mol. The molecule has 6 nitrogen and oxygen atoms in total. The van der Waals surface area contributed by atoms with Crippen molar-refractivity contribution < 1.29 is 23.6 Å². The van der Waals surface area contributed by atoms with E-state index in [9.17, 15) is 14.0 Å². The van der Waals surface area contributed by atoms with Crippen LogP contribution in [0.3, 0.4) is 0 Å². The van der Waals surface area contributed by atoms with Crippen LogP contribution < -0.4 is 10.2 Å². The van der Waals surface area contributed by atoms with Gasteiger partial charge in [-0.1, -0.05) is 15.9 Å². The first-order valence-corrected chi connectivity index (χ1v) is 8.29. The van der Waals surface area contributed by atoms with E-state index in [1.54, 1.807) is 17.9 Å². The molecule has 0 saturated carbocycles. The maximum Gasteiger partial charge on any atom is 0.410 e. The zero-order chi connectivity index (χ0) is 16.8.